The van der Waals surface area contributed by atoms with E-state index in [1.165, 1.54) is 0 Å². The van der Waals surface area contributed by atoms with Gasteiger partial charge in [0.25, 0.3) is 0 Å². The molecule has 1 rings (SSSR count). The summed E-state index contributed by atoms with van der Waals surface area (Å²) in [7, 11) is 1.85. The minimum absolute atomic E-state index is 0.111. The minimum Gasteiger partial charge on any atom is -0.392 e. The first kappa shape index (κ1) is 14.7. The number of nitrogens with one attached hydrogen (secondary N) is 2. The third-order valence-corrected chi connectivity index (χ3v) is 2.62. The van der Waals surface area contributed by atoms with Crippen LogP contribution in [0, 0.1) is 6.92 Å². The smallest absolute Gasteiger partial charge is 0.138 e. The predicted octanol–water partition coefficient (Wildman–Crippen LogP) is 1.92. The third-order valence-electron chi connectivity index (χ3n) is 2.62. The fourth-order valence-corrected chi connectivity index (χ4v) is 1.51. The van der Waals surface area contributed by atoms with Gasteiger partial charge in [-0.3, -0.25) is 0 Å². The summed E-state index contributed by atoms with van der Waals surface area (Å²) < 4.78 is 0. The van der Waals surface area contributed by atoms with Crippen LogP contribution in [0.3, 0.4) is 0 Å². The van der Waals surface area contributed by atoms with Crippen molar-refractivity contribution in [3.8, 4) is 0 Å². The highest BCUT2D eigenvalue weighted by atomic mass is 16.3. The van der Waals surface area contributed by atoms with Crippen molar-refractivity contribution >= 4 is 11.6 Å². The standard InChI is InChI=1S/C13H24N4O/c1-8(18)7-15-11-9(2)10(14-6)16-12(17-11)13(3,4)5/h8,18H,7H2,1-6H3,(H2,14,15,16,17). The summed E-state index contributed by atoms with van der Waals surface area (Å²) in [5, 5.41) is 15.6. The van der Waals surface area contributed by atoms with Gasteiger partial charge in [0.2, 0.25) is 0 Å². The van der Waals surface area contributed by atoms with Gasteiger partial charge >= 0.3 is 0 Å². The fraction of sp³-hybridized carbons (Fsp3) is 0.692. The Morgan fingerprint density at radius 3 is 2.22 bits per heavy atom. The van der Waals surface area contributed by atoms with Crippen LogP contribution in [-0.2, 0) is 5.41 Å². The Kier molecular flexibility index (Phi) is 4.51. The van der Waals surface area contributed by atoms with Gasteiger partial charge in [-0.2, -0.15) is 0 Å². The van der Waals surface area contributed by atoms with Crippen LogP contribution >= 0.6 is 0 Å². The second kappa shape index (κ2) is 5.52. The van der Waals surface area contributed by atoms with Gasteiger partial charge in [0.15, 0.2) is 0 Å². The van der Waals surface area contributed by atoms with Crippen molar-refractivity contribution in [2.45, 2.75) is 46.1 Å². The minimum atomic E-state index is -0.407. The average molecular weight is 252 g/mol. The molecule has 102 valence electrons. The zero-order valence-corrected chi connectivity index (χ0v) is 12.1. The van der Waals surface area contributed by atoms with Crippen LogP contribution in [0.1, 0.15) is 39.1 Å². The number of rotatable bonds is 4. The first-order valence-corrected chi connectivity index (χ1v) is 6.24. The molecule has 0 spiro atoms. The summed E-state index contributed by atoms with van der Waals surface area (Å²) in [6.45, 7) is 10.4. The van der Waals surface area contributed by atoms with Gasteiger partial charge in [0.1, 0.15) is 17.5 Å². The van der Waals surface area contributed by atoms with E-state index in [0.29, 0.717) is 6.54 Å². The number of aromatic nitrogens is 2. The van der Waals surface area contributed by atoms with Crippen LogP contribution < -0.4 is 10.6 Å². The van der Waals surface area contributed by atoms with E-state index in [-0.39, 0.29) is 5.41 Å². The number of nitrogens with zero attached hydrogens (tertiary/aromatic N) is 2. The van der Waals surface area contributed by atoms with Gasteiger partial charge in [-0.15, -0.1) is 0 Å². The van der Waals surface area contributed by atoms with Gasteiger partial charge < -0.3 is 15.7 Å². The van der Waals surface area contributed by atoms with Gasteiger partial charge in [0.05, 0.1) is 6.10 Å². The number of aliphatic hydroxyl groups is 1. The lowest BCUT2D eigenvalue weighted by Crippen LogP contribution is -2.22. The molecule has 0 aromatic carbocycles. The molecule has 5 heteroatoms. The Morgan fingerprint density at radius 1 is 1.22 bits per heavy atom. The lowest BCUT2D eigenvalue weighted by molar-refractivity contribution is 0.208. The molecule has 0 radical (unpaired) electrons. The van der Waals surface area contributed by atoms with Crippen LogP contribution in [0.15, 0.2) is 0 Å². The molecule has 1 aromatic heterocycles. The summed E-state index contributed by atoms with van der Waals surface area (Å²) in [6.07, 6.45) is -0.407. The molecule has 0 saturated carbocycles. The molecule has 0 amide bonds. The lowest BCUT2D eigenvalue weighted by atomic mass is 9.95. The summed E-state index contributed by atoms with van der Waals surface area (Å²) in [6, 6.07) is 0. The molecule has 0 aliphatic rings. The van der Waals surface area contributed by atoms with E-state index in [0.717, 1.165) is 23.0 Å². The van der Waals surface area contributed by atoms with Gasteiger partial charge in [-0.05, 0) is 13.8 Å². The maximum atomic E-state index is 9.34. The Labute approximate surface area is 109 Å². The number of aliphatic hydroxyl groups excluding tert-OH is 1. The van der Waals surface area contributed by atoms with E-state index in [1.807, 2.05) is 14.0 Å². The Bertz CT molecular complexity index is 410. The van der Waals surface area contributed by atoms with E-state index < -0.39 is 6.10 Å². The van der Waals surface area contributed by atoms with Crippen molar-refractivity contribution in [3.05, 3.63) is 11.4 Å². The molecule has 1 heterocycles. The van der Waals surface area contributed by atoms with Crippen LogP contribution in [0.5, 0.6) is 0 Å². The molecule has 0 aliphatic heterocycles. The normalized spacial score (nSPS) is 13.3. The molecule has 1 atom stereocenters. The molecule has 5 nitrogen and oxygen atoms in total. The Hall–Kier alpha value is -1.36. The summed E-state index contributed by atoms with van der Waals surface area (Å²) in [5.74, 6) is 2.38. The molecule has 0 aliphatic carbocycles. The predicted molar refractivity (Wildman–Crippen MR) is 75.2 cm³/mol. The van der Waals surface area contributed by atoms with E-state index in [1.54, 1.807) is 6.92 Å². The molecular formula is C13H24N4O. The number of hydrogen-bond donors (Lipinski definition) is 3. The Balaban J connectivity index is 3.15. The molecule has 1 unspecified atom stereocenters. The largest absolute Gasteiger partial charge is 0.392 e. The zero-order valence-electron chi connectivity index (χ0n) is 12.1. The second-order valence-corrected chi connectivity index (χ2v) is 5.60. The monoisotopic (exact) mass is 252 g/mol. The highest BCUT2D eigenvalue weighted by molar-refractivity contribution is 5.57. The molecule has 0 fully saturated rings. The van der Waals surface area contributed by atoms with Crippen LogP contribution in [0.25, 0.3) is 0 Å². The van der Waals surface area contributed by atoms with Crippen molar-refractivity contribution in [1.82, 2.24) is 9.97 Å². The highest BCUT2D eigenvalue weighted by Crippen LogP contribution is 2.25. The summed E-state index contributed by atoms with van der Waals surface area (Å²) >= 11 is 0. The van der Waals surface area contributed by atoms with E-state index in [2.05, 4.69) is 41.4 Å². The molecule has 1 aromatic rings. The molecule has 0 bridgehead atoms. The average Bonchev–Trinajstić information content (AvgIpc) is 2.26. The lowest BCUT2D eigenvalue weighted by Gasteiger charge is -2.21. The first-order valence-electron chi connectivity index (χ1n) is 6.24. The van der Waals surface area contributed by atoms with Gasteiger partial charge in [0, 0.05) is 24.6 Å². The van der Waals surface area contributed by atoms with E-state index in [4.69, 9.17) is 0 Å². The molecule has 0 saturated heterocycles. The van der Waals surface area contributed by atoms with Crippen molar-refractivity contribution in [1.29, 1.82) is 0 Å². The fourth-order valence-electron chi connectivity index (χ4n) is 1.51. The van der Waals surface area contributed by atoms with Crippen molar-refractivity contribution in [3.63, 3.8) is 0 Å². The van der Waals surface area contributed by atoms with Gasteiger partial charge in [-0.1, -0.05) is 20.8 Å². The molecule has 18 heavy (non-hydrogen) atoms. The van der Waals surface area contributed by atoms with Crippen LogP contribution in [0.2, 0.25) is 0 Å². The SMILES string of the molecule is CNc1nc(C(C)(C)C)nc(NCC(C)O)c1C. The number of anilines is 2. The first-order chi connectivity index (χ1) is 8.25. The highest BCUT2D eigenvalue weighted by Gasteiger charge is 2.20. The van der Waals surface area contributed by atoms with Crippen LogP contribution in [-0.4, -0.2) is 34.8 Å². The Morgan fingerprint density at radius 2 is 1.78 bits per heavy atom. The second-order valence-electron chi connectivity index (χ2n) is 5.60. The number of hydrogen-bond acceptors (Lipinski definition) is 5. The quantitative estimate of drug-likeness (QED) is 0.763. The summed E-state index contributed by atoms with van der Waals surface area (Å²) in [5.41, 5.74) is 0.853. The van der Waals surface area contributed by atoms with Gasteiger partial charge in [-0.25, -0.2) is 9.97 Å². The van der Waals surface area contributed by atoms with Crippen molar-refractivity contribution in [2.75, 3.05) is 24.2 Å². The molecular weight excluding hydrogens is 228 g/mol. The van der Waals surface area contributed by atoms with Crippen molar-refractivity contribution < 1.29 is 5.11 Å². The topological polar surface area (TPSA) is 70.1 Å². The summed E-state index contributed by atoms with van der Waals surface area (Å²) in [4.78, 5) is 9.08. The van der Waals surface area contributed by atoms with Crippen LogP contribution in [0.4, 0.5) is 11.6 Å². The van der Waals surface area contributed by atoms with E-state index in [9.17, 15) is 5.11 Å². The maximum Gasteiger partial charge on any atom is 0.138 e. The van der Waals surface area contributed by atoms with Crippen molar-refractivity contribution in [2.24, 2.45) is 0 Å². The molecule has 3 N–H and O–H groups in total. The van der Waals surface area contributed by atoms with E-state index >= 15 is 0 Å². The third kappa shape index (κ3) is 3.57. The maximum absolute atomic E-state index is 9.34. The zero-order chi connectivity index (χ0) is 13.9.